The van der Waals surface area contributed by atoms with Gasteiger partial charge in [-0.05, 0) is 39.0 Å². The van der Waals surface area contributed by atoms with Gasteiger partial charge in [0.1, 0.15) is 36.5 Å². The molecular weight excluding hydrogens is 553 g/mol. The Kier molecular flexibility index (Phi) is 10.4. The Hall–Kier alpha value is -3.34. The van der Waals surface area contributed by atoms with Gasteiger partial charge in [0.05, 0.1) is 12.7 Å². The minimum Gasteiger partial charge on any atom is -0.462 e. The maximum absolute atomic E-state index is 16.1. The quantitative estimate of drug-likeness (QED) is 0.203. The van der Waals surface area contributed by atoms with Gasteiger partial charge in [0.2, 0.25) is 5.67 Å². The zero-order chi connectivity index (χ0) is 29.5. The van der Waals surface area contributed by atoms with E-state index in [1.165, 1.54) is 38.4 Å². The number of anilines is 1. The van der Waals surface area contributed by atoms with Crippen molar-refractivity contribution in [1.82, 2.24) is 14.6 Å². The number of alkyl halides is 2. The van der Waals surface area contributed by atoms with Crippen LogP contribution in [-0.4, -0.2) is 71.0 Å². The third kappa shape index (κ3) is 7.44. The van der Waals surface area contributed by atoms with Crippen molar-refractivity contribution < 1.29 is 41.8 Å². The Morgan fingerprint density at radius 1 is 1.30 bits per heavy atom. The van der Waals surface area contributed by atoms with Crippen LogP contribution in [0, 0.1) is 11.8 Å². The number of aliphatic hydroxyl groups is 1. The molecule has 0 spiro atoms. The summed E-state index contributed by atoms with van der Waals surface area (Å²) in [6.07, 6.45) is -4.79. The maximum atomic E-state index is 16.1. The van der Waals surface area contributed by atoms with Crippen LogP contribution in [0.15, 0.2) is 47.4 Å². The van der Waals surface area contributed by atoms with E-state index in [0.29, 0.717) is 0 Å². The molecule has 2 heterocycles. The first kappa shape index (κ1) is 31.2. The molecule has 1 aliphatic rings. The maximum Gasteiger partial charge on any atom is 0.459 e. The summed E-state index contributed by atoms with van der Waals surface area (Å²) in [6.45, 7) is 2.67. The normalized spacial score (nSPS) is 24.4. The molecule has 15 heteroatoms. The summed E-state index contributed by atoms with van der Waals surface area (Å²) in [5, 5.41) is 16.0. The van der Waals surface area contributed by atoms with Gasteiger partial charge in [-0.1, -0.05) is 30.0 Å². The SMILES string of the molecule is CNc1ccn([C@@H]2O[C@H](COP(=O)(N[C@@H](C)C(=O)OC(C)C)Oc3ccccc3)C(O)[C@]2(F)C#CCF)c(=O)n1. The zero-order valence-corrected chi connectivity index (χ0v) is 23.1. The molecule has 0 saturated carbocycles. The van der Waals surface area contributed by atoms with E-state index >= 15 is 4.39 Å². The van der Waals surface area contributed by atoms with Crippen LogP contribution in [0.2, 0.25) is 0 Å². The lowest BCUT2D eigenvalue weighted by Gasteiger charge is -2.25. The van der Waals surface area contributed by atoms with Gasteiger partial charge in [0.15, 0.2) is 6.23 Å². The molecule has 0 bridgehead atoms. The number of nitrogens with one attached hydrogen (secondary N) is 2. The Bertz CT molecular complexity index is 1340. The average molecular weight is 585 g/mol. The topological polar surface area (TPSA) is 150 Å². The third-order valence-corrected chi connectivity index (χ3v) is 7.21. The molecule has 6 atom stereocenters. The molecular formula is C25H31F2N4O8P. The number of carbonyl (C=O) groups is 1. The van der Waals surface area contributed by atoms with E-state index in [4.69, 9.17) is 18.5 Å². The van der Waals surface area contributed by atoms with Crippen molar-refractivity contribution in [3.63, 3.8) is 0 Å². The fourth-order valence-electron chi connectivity index (χ4n) is 3.69. The average Bonchev–Trinajstić information content (AvgIpc) is 3.16. The summed E-state index contributed by atoms with van der Waals surface area (Å²) in [5.41, 5.74) is -3.91. The van der Waals surface area contributed by atoms with E-state index in [0.717, 1.165) is 4.57 Å². The number of nitrogens with zero attached hydrogens (tertiary/aromatic N) is 2. The third-order valence-electron chi connectivity index (χ3n) is 5.57. The summed E-state index contributed by atoms with van der Waals surface area (Å²) in [6, 6.07) is 8.07. The highest BCUT2D eigenvalue weighted by Gasteiger charge is 2.58. The van der Waals surface area contributed by atoms with Crippen LogP contribution >= 0.6 is 7.75 Å². The number of halogens is 2. The van der Waals surface area contributed by atoms with Gasteiger partial charge >= 0.3 is 19.4 Å². The smallest absolute Gasteiger partial charge is 0.459 e. The minimum atomic E-state index is -4.40. The molecule has 12 nitrogen and oxygen atoms in total. The highest BCUT2D eigenvalue weighted by atomic mass is 31.2. The van der Waals surface area contributed by atoms with Crippen molar-refractivity contribution in [3.05, 3.63) is 53.1 Å². The van der Waals surface area contributed by atoms with Crippen molar-refractivity contribution in [2.24, 2.45) is 0 Å². The standard InChI is InChI=1S/C25H31F2N4O8P/c1-16(2)37-22(33)17(3)30-40(35,39-18-9-6-5-7-10-18)36-15-19-21(32)25(27,12-8-13-26)23(38-19)31-14-11-20(28-4)29-24(31)34/h5-7,9-11,14,16-17,19,21,23,32H,13,15H2,1-4H3,(H,30,35)(H,28,29,34)/t17-,19+,21?,23+,25+,40?/m0/s1. The Labute approximate surface area is 229 Å². The minimum absolute atomic E-state index is 0.115. The first-order chi connectivity index (χ1) is 18.9. The lowest BCUT2D eigenvalue weighted by molar-refractivity contribution is -0.149. The molecule has 0 amide bonds. The van der Waals surface area contributed by atoms with Crippen LogP contribution in [-0.2, 0) is 23.4 Å². The predicted octanol–water partition coefficient (Wildman–Crippen LogP) is 2.36. The van der Waals surface area contributed by atoms with Gasteiger partial charge in [-0.15, -0.1) is 0 Å². The predicted molar refractivity (Wildman–Crippen MR) is 140 cm³/mol. The van der Waals surface area contributed by atoms with Gasteiger partial charge in [-0.3, -0.25) is 13.9 Å². The monoisotopic (exact) mass is 584 g/mol. The molecule has 1 aromatic carbocycles. The van der Waals surface area contributed by atoms with Crippen molar-refractivity contribution in [2.75, 3.05) is 25.6 Å². The van der Waals surface area contributed by atoms with Crippen molar-refractivity contribution in [3.8, 4) is 17.6 Å². The van der Waals surface area contributed by atoms with Crippen LogP contribution in [0.1, 0.15) is 27.0 Å². The fourth-order valence-corrected chi connectivity index (χ4v) is 5.20. The highest BCUT2D eigenvalue weighted by molar-refractivity contribution is 7.52. The van der Waals surface area contributed by atoms with Crippen LogP contribution in [0.25, 0.3) is 0 Å². The molecule has 1 saturated heterocycles. The number of aliphatic hydroxyl groups excluding tert-OH is 1. The summed E-state index contributed by atoms with van der Waals surface area (Å²) >= 11 is 0. The van der Waals surface area contributed by atoms with Crippen molar-refractivity contribution in [2.45, 2.75) is 57.0 Å². The van der Waals surface area contributed by atoms with E-state index in [1.54, 1.807) is 32.0 Å². The second kappa shape index (κ2) is 13.3. The van der Waals surface area contributed by atoms with Gasteiger partial charge in [-0.2, -0.15) is 10.1 Å². The second-order valence-corrected chi connectivity index (χ2v) is 10.7. The number of hydrogen-bond donors (Lipinski definition) is 3. The zero-order valence-electron chi connectivity index (χ0n) is 22.2. The lowest BCUT2D eigenvalue weighted by atomic mass is 9.96. The molecule has 1 aliphatic heterocycles. The number of para-hydroxylation sites is 1. The van der Waals surface area contributed by atoms with Crippen molar-refractivity contribution in [1.29, 1.82) is 0 Å². The molecule has 40 heavy (non-hydrogen) atoms. The van der Waals surface area contributed by atoms with Crippen LogP contribution in [0.3, 0.4) is 0 Å². The molecule has 1 aromatic heterocycles. The van der Waals surface area contributed by atoms with E-state index in [9.17, 15) is 23.7 Å². The number of aromatic nitrogens is 2. The van der Waals surface area contributed by atoms with Gasteiger partial charge in [0.25, 0.3) is 0 Å². The van der Waals surface area contributed by atoms with E-state index < -0.39 is 68.9 Å². The van der Waals surface area contributed by atoms with Crippen molar-refractivity contribution >= 4 is 19.5 Å². The Morgan fingerprint density at radius 2 is 2.00 bits per heavy atom. The number of ether oxygens (including phenoxy) is 2. The van der Waals surface area contributed by atoms with Crippen LogP contribution in [0.4, 0.5) is 14.6 Å². The van der Waals surface area contributed by atoms with Gasteiger partial charge in [-0.25, -0.2) is 18.1 Å². The van der Waals surface area contributed by atoms with Crippen LogP contribution < -0.4 is 20.6 Å². The van der Waals surface area contributed by atoms with E-state index in [1.807, 2.05) is 11.8 Å². The molecule has 2 aromatic rings. The first-order valence-corrected chi connectivity index (χ1v) is 13.8. The molecule has 0 radical (unpaired) electrons. The summed E-state index contributed by atoms with van der Waals surface area (Å²) in [4.78, 5) is 28.6. The first-order valence-electron chi connectivity index (χ1n) is 12.2. The number of carbonyl (C=O) groups excluding carboxylic acids is 1. The lowest BCUT2D eigenvalue weighted by Crippen LogP contribution is -2.44. The summed E-state index contributed by atoms with van der Waals surface area (Å²) < 4.78 is 65.2. The Morgan fingerprint density at radius 3 is 2.60 bits per heavy atom. The molecule has 218 valence electrons. The van der Waals surface area contributed by atoms with Crippen LogP contribution in [0.5, 0.6) is 5.75 Å². The summed E-state index contributed by atoms with van der Waals surface area (Å²) in [5.74, 6) is 3.47. The van der Waals surface area contributed by atoms with E-state index in [2.05, 4.69) is 15.4 Å². The number of rotatable bonds is 11. The molecule has 2 unspecified atom stereocenters. The molecule has 0 aliphatic carbocycles. The van der Waals surface area contributed by atoms with Gasteiger partial charge < -0.3 is 24.4 Å². The Balaban J connectivity index is 1.88. The number of hydrogen-bond acceptors (Lipinski definition) is 10. The summed E-state index contributed by atoms with van der Waals surface area (Å²) in [7, 11) is -2.88. The fraction of sp³-hybridized carbons (Fsp3) is 0.480. The van der Waals surface area contributed by atoms with Gasteiger partial charge in [0, 0.05) is 13.2 Å². The second-order valence-electron chi connectivity index (χ2n) is 8.96. The largest absolute Gasteiger partial charge is 0.462 e. The number of benzene rings is 1. The molecule has 3 N–H and O–H groups in total. The molecule has 3 rings (SSSR count). The highest BCUT2D eigenvalue weighted by Crippen LogP contribution is 2.47. The molecule has 1 fully saturated rings. The number of esters is 1. The van der Waals surface area contributed by atoms with E-state index in [-0.39, 0.29) is 11.6 Å².